The molecule has 3 aromatic rings. The molecule has 2 aliphatic rings. The molecule has 5 rings (SSSR count). The average Bonchev–Trinajstić information content (AvgIpc) is 3.39. The summed E-state index contributed by atoms with van der Waals surface area (Å²) in [7, 11) is 0. The fourth-order valence-corrected chi connectivity index (χ4v) is 6.36. The minimum Gasteiger partial charge on any atom is -0.396 e. The molecule has 2 heterocycles. The lowest BCUT2D eigenvalue weighted by atomic mass is 9.89. The van der Waals surface area contributed by atoms with Crippen LogP contribution in [0.25, 0.3) is 20.8 Å². The molecule has 1 aromatic carbocycles. The van der Waals surface area contributed by atoms with Gasteiger partial charge in [-0.3, -0.25) is 0 Å². The molecule has 2 fully saturated rings. The van der Waals surface area contributed by atoms with Crippen molar-refractivity contribution in [2.45, 2.75) is 56.8 Å². The number of thiazole rings is 1. The maximum atomic E-state index is 10.6. The van der Waals surface area contributed by atoms with Crippen LogP contribution in [-0.4, -0.2) is 61.7 Å². The number of benzene rings is 1. The first-order valence-electron chi connectivity index (χ1n) is 11.9. The smallest absolute Gasteiger partial charge is 0.226 e. The highest BCUT2D eigenvalue weighted by molar-refractivity contribution is 7.21. The highest BCUT2D eigenvalue weighted by atomic mass is 35.5. The average molecular weight is 504 g/mol. The van der Waals surface area contributed by atoms with Crippen LogP contribution in [0.1, 0.15) is 38.5 Å². The van der Waals surface area contributed by atoms with E-state index in [-0.39, 0.29) is 11.8 Å². The highest BCUT2D eigenvalue weighted by Gasteiger charge is 2.41. The van der Waals surface area contributed by atoms with Gasteiger partial charge >= 0.3 is 0 Å². The maximum Gasteiger partial charge on any atom is 0.226 e. The maximum absolute atomic E-state index is 10.6. The molecule has 0 unspecified atom stereocenters. The summed E-state index contributed by atoms with van der Waals surface area (Å²) in [6.07, 6.45) is 4.58. The van der Waals surface area contributed by atoms with Crippen molar-refractivity contribution in [3.63, 3.8) is 0 Å². The second kappa shape index (κ2) is 10.3. The lowest BCUT2D eigenvalue weighted by Crippen LogP contribution is -2.35. The molecule has 8 nitrogen and oxygen atoms in total. The summed E-state index contributed by atoms with van der Waals surface area (Å²) in [6.45, 7) is 0.591. The quantitative estimate of drug-likeness (QED) is 0.307. The number of para-hydroxylation sites is 1. The largest absolute Gasteiger partial charge is 0.396 e. The molecule has 2 saturated carbocycles. The van der Waals surface area contributed by atoms with Crippen molar-refractivity contribution in [2.24, 2.45) is 11.8 Å². The van der Waals surface area contributed by atoms with Crippen molar-refractivity contribution in [2.75, 3.05) is 23.8 Å². The Kier molecular flexibility index (Phi) is 7.17. The van der Waals surface area contributed by atoms with Crippen LogP contribution in [0.4, 0.5) is 11.8 Å². The van der Waals surface area contributed by atoms with Gasteiger partial charge in [0, 0.05) is 19.1 Å². The third-order valence-corrected chi connectivity index (χ3v) is 8.33. The number of aliphatic hydroxyl groups excluding tert-OH is 3. The van der Waals surface area contributed by atoms with Gasteiger partial charge in [0.1, 0.15) is 22.1 Å². The van der Waals surface area contributed by atoms with Crippen molar-refractivity contribution < 1.29 is 15.3 Å². The monoisotopic (exact) mass is 503 g/mol. The first-order chi connectivity index (χ1) is 16.5. The minimum absolute atomic E-state index is 0.195. The molecule has 2 aliphatic carbocycles. The Morgan fingerprint density at radius 2 is 1.82 bits per heavy atom. The summed E-state index contributed by atoms with van der Waals surface area (Å²) in [5, 5.41) is 38.0. The first-order valence-corrected chi connectivity index (χ1v) is 13.1. The lowest BCUT2D eigenvalue weighted by molar-refractivity contribution is 0.00446. The van der Waals surface area contributed by atoms with Gasteiger partial charge in [0.05, 0.1) is 27.9 Å². The number of fused-ring (bicyclic) bond motifs is 1. The summed E-state index contributed by atoms with van der Waals surface area (Å²) >= 11 is 8.21. The van der Waals surface area contributed by atoms with Gasteiger partial charge in [0.25, 0.3) is 0 Å². The molecule has 5 N–H and O–H groups in total. The standard InChI is InChI=1S/C24H30ClN5O3S/c25-21-18(23-28-15-8-4-5-9-17(15)34-23)22(27-16-10-14(12-31)19(32)20(16)33)30-24(29-21)26-11-13-6-2-1-3-7-13/h4-5,8-9,13-14,16,19-20,31-33H,1-3,6-7,10-12H2,(H2,26,27,29,30)/t14-,16-,19-,20+/m1/s1. The molecule has 34 heavy (non-hydrogen) atoms. The molecule has 0 spiro atoms. The molecule has 0 radical (unpaired) electrons. The predicted octanol–water partition coefficient (Wildman–Crippen LogP) is 3.91. The van der Waals surface area contributed by atoms with E-state index in [0.717, 1.165) is 16.8 Å². The predicted molar refractivity (Wildman–Crippen MR) is 135 cm³/mol. The van der Waals surface area contributed by atoms with Gasteiger partial charge in [-0.1, -0.05) is 43.0 Å². The molecule has 182 valence electrons. The van der Waals surface area contributed by atoms with Crippen LogP contribution >= 0.6 is 22.9 Å². The van der Waals surface area contributed by atoms with Gasteiger partial charge in [0.15, 0.2) is 0 Å². The number of nitrogens with zero attached hydrogens (tertiary/aromatic N) is 3. The van der Waals surface area contributed by atoms with Crippen LogP contribution in [0.3, 0.4) is 0 Å². The third kappa shape index (κ3) is 4.85. The van der Waals surface area contributed by atoms with Crippen LogP contribution in [-0.2, 0) is 0 Å². The third-order valence-electron chi connectivity index (χ3n) is 7.00. The summed E-state index contributed by atoms with van der Waals surface area (Å²) in [5.41, 5.74) is 1.43. The summed E-state index contributed by atoms with van der Waals surface area (Å²) in [6, 6.07) is 7.36. The lowest BCUT2D eigenvalue weighted by Gasteiger charge is -2.23. The van der Waals surface area contributed by atoms with Crippen LogP contribution in [0.5, 0.6) is 0 Å². The van der Waals surface area contributed by atoms with Crippen molar-refractivity contribution >= 4 is 44.9 Å². The van der Waals surface area contributed by atoms with E-state index in [1.165, 1.54) is 43.4 Å². The zero-order valence-electron chi connectivity index (χ0n) is 18.8. The van der Waals surface area contributed by atoms with Crippen molar-refractivity contribution in [1.29, 1.82) is 0 Å². The molecule has 0 bridgehead atoms. The van der Waals surface area contributed by atoms with Crippen molar-refractivity contribution in [1.82, 2.24) is 15.0 Å². The summed E-state index contributed by atoms with van der Waals surface area (Å²) in [5.74, 6) is 1.07. The fourth-order valence-electron chi connectivity index (χ4n) is 5.04. The number of hydrogen-bond donors (Lipinski definition) is 5. The van der Waals surface area contributed by atoms with Gasteiger partial charge in [-0.15, -0.1) is 11.3 Å². The molecular weight excluding hydrogens is 474 g/mol. The van der Waals surface area contributed by atoms with E-state index in [1.54, 1.807) is 0 Å². The number of nitrogens with one attached hydrogen (secondary N) is 2. The zero-order valence-corrected chi connectivity index (χ0v) is 20.4. The molecule has 0 saturated heterocycles. The topological polar surface area (TPSA) is 123 Å². The van der Waals surface area contributed by atoms with E-state index in [0.29, 0.717) is 34.7 Å². The Morgan fingerprint density at radius 3 is 2.56 bits per heavy atom. The van der Waals surface area contributed by atoms with Crippen LogP contribution in [0.2, 0.25) is 5.15 Å². The fraction of sp³-hybridized carbons (Fsp3) is 0.542. The zero-order chi connectivity index (χ0) is 23.7. The van der Waals surface area contributed by atoms with Crippen molar-refractivity contribution in [3.05, 3.63) is 29.4 Å². The molecule has 10 heteroatoms. The van der Waals surface area contributed by atoms with E-state index in [9.17, 15) is 15.3 Å². The second-order valence-corrected chi connectivity index (χ2v) is 10.7. The molecule has 0 amide bonds. The number of halogens is 1. The molecule has 0 aliphatic heterocycles. The van der Waals surface area contributed by atoms with Crippen molar-refractivity contribution in [3.8, 4) is 10.6 Å². The van der Waals surface area contributed by atoms with E-state index >= 15 is 0 Å². The van der Waals surface area contributed by atoms with Crippen LogP contribution in [0.15, 0.2) is 24.3 Å². The molecule has 2 aromatic heterocycles. The molecular formula is C24H30ClN5O3S. The Bertz CT molecular complexity index is 1110. The molecule has 4 atom stereocenters. The van der Waals surface area contributed by atoms with E-state index in [4.69, 9.17) is 21.6 Å². The van der Waals surface area contributed by atoms with Crippen LogP contribution in [0, 0.1) is 11.8 Å². The summed E-state index contributed by atoms with van der Waals surface area (Å²) < 4.78 is 1.02. The number of rotatable bonds is 7. The number of hydrogen-bond acceptors (Lipinski definition) is 9. The van der Waals surface area contributed by atoms with Gasteiger partial charge < -0.3 is 26.0 Å². The Labute approximate surface area is 207 Å². The summed E-state index contributed by atoms with van der Waals surface area (Å²) in [4.78, 5) is 14.0. The first kappa shape index (κ1) is 23.7. The number of anilines is 2. The van der Waals surface area contributed by atoms with E-state index < -0.39 is 24.2 Å². The van der Waals surface area contributed by atoms with Gasteiger partial charge in [-0.25, -0.2) is 9.97 Å². The highest BCUT2D eigenvalue weighted by Crippen LogP contribution is 2.40. The minimum atomic E-state index is -1.03. The van der Waals surface area contributed by atoms with Gasteiger partial charge in [-0.2, -0.15) is 4.98 Å². The normalized spacial score (nSPS) is 25.6. The van der Waals surface area contributed by atoms with Gasteiger partial charge in [-0.05, 0) is 37.3 Å². The van der Waals surface area contributed by atoms with Gasteiger partial charge in [0.2, 0.25) is 5.95 Å². The van der Waals surface area contributed by atoms with E-state index in [2.05, 4.69) is 15.6 Å². The van der Waals surface area contributed by atoms with Crippen LogP contribution < -0.4 is 10.6 Å². The Balaban J connectivity index is 1.47. The SMILES string of the molecule is OC[C@H]1C[C@@H](Nc2nc(NCC3CCCCC3)nc(Cl)c2-c2nc3ccccc3s2)[C@H](O)[C@@H]1O. The Morgan fingerprint density at radius 1 is 1.03 bits per heavy atom. The Hall–Kier alpha value is -2.04. The second-order valence-electron chi connectivity index (χ2n) is 9.34. The van der Waals surface area contributed by atoms with E-state index in [1.807, 2.05) is 24.3 Å². The number of aromatic nitrogens is 3. The number of aliphatic hydroxyl groups is 3.